The van der Waals surface area contributed by atoms with Crippen LogP contribution in [0.5, 0.6) is 11.5 Å². The smallest absolute Gasteiger partial charge is 0.243 e. The molecule has 4 rings (SSSR count). The number of hydrogen-bond donors (Lipinski definition) is 1. The lowest BCUT2D eigenvalue weighted by Crippen LogP contribution is -2.42. The zero-order chi connectivity index (χ0) is 29.2. The lowest BCUT2D eigenvalue weighted by atomic mass is 10.1. The maximum absolute atomic E-state index is 13.6. The van der Waals surface area contributed by atoms with Crippen LogP contribution in [0.4, 0.5) is 5.95 Å². The van der Waals surface area contributed by atoms with Crippen molar-refractivity contribution in [2.24, 2.45) is 0 Å². The average Bonchev–Trinajstić information content (AvgIpc) is 3.33. The van der Waals surface area contributed by atoms with Gasteiger partial charge >= 0.3 is 0 Å². The molecule has 16 heteroatoms. The van der Waals surface area contributed by atoms with Crippen molar-refractivity contribution < 1.29 is 31.0 Å². The Morgan fingerprint density at radius 2 is 1.68 bits per heavy atom. The number of anilines is 1. The van der Waals surface area contributed by atoms with Gasteiger partial charge in [0.1, 0.15) is 29.1 Å². The number of aryl methyl sites for hydroxylation is 1. The molecule has 0 aliphatic carbocycles. The minimum absolute atomic E-state index is 0.0423. The molecule has 14 nitrogen and oxygen atoms in total. The lowest BCUT2D eigenvalue weighted by molar-refractivity contribution is -0.00827. The van der Waals surface area contributed by atoms with Crippen LogP contribution in [0.1, 0.15) is 43.1 Å². The molecule has 3 atom stereocenters. The molecule has 1 aliphatic heterocycles. The number of nitrogens with one attached hydrogen (secondary N) is 1. The first kappa shape index (κ1) is 29.6. The van der Waals surface area contributed by atoms with Gasteiger partial charge in [0.05, 0.1) is 32.3 Å². The molecule has 3 heterocycles. The van der Waals surface area contributed by atoms with Crippen LogP contribution in [0.25, 0.3) is 5.69 Å². The molecular weight excluding hydrogens is 562 g/mol. The van der Waals surface area contributed by atoms with Crippen molar-refractivity contribution in [3.63, 3.8) is 0 Å². The molecule has 0 spiro atoms. The third-order valence-corrected chi connectivity index (χ3v) is 9.86. The van der Waals surface area contributed by atoms with E-state index in [-0.39, 0.29) is 31.5 Å². The summed E-state index contributed by atoms with van der Waals surface area (Å²) in [5, 5.41) is 7.43. The number of para-hydroxylation sites is 1. The molecule has 40 heavy (non-hydrogen) atoms. The van der Waals surface area contributed by atoms with Gasteiger partial charge in [-0.15, -0.1) is 10.2 Å². The van der Waals surface area contributed by atoms with Crippen LogP contribution < -0.4 is 14.2 Å². The van der Waals surface area contributed by atoms with Crippen LogP contribution in [-0.4, -0.2) is 91.3 Å². The van der Waals surface area contributed by atoms with Gasteiger partial charge in [-0.05, 0) is 31.5 Å². The van der Waals surface area contributed by atoms with Crippen LogP contribution in [0.3, 0.4) is 0 Å². The van der Waals surface area contributed by atoms with Gasteiger partial charge in [-0.1, -0.05) is 13.0 Å². The molecule has 1 fully saturated rings. The largest absolute Gasteiger partial charge is 0.494 e. The molecule has 0 saturated carbocycles. The maximum atomic E-state index is 13.6. The number of nitrogens with zero attached hydrogens (tertiary/aromatic N) is 6. The summed E-state index contributed by atoms with van der Waals surface area (Å²) in [6.07, 6.45) is 3.52. The van der Waals surface area contributed by atoms with E-state index in [4.69, 9.17) is 14.2 Å². The summed E-state index contributed by atoms with van der Waals surface area (Å²) in [5.74, 6) is 0.517. The molecular formula is C24H33N7O7S2. The Balaban J connectivity index is 1.80. The van der Waals surface area contributed by atoms with Gasteiger partial charge in [-0.3, -0.25) is 9.29 Å². The van der Waals surface area contributed by atoms with Gasteiger partial charge in [-0.2, -0.15) is 4.31 Å². The Labute approximate surface area is 233 Å². The van der Waals surface area contributed by atoms with Crippen molar-refractivity contribution >= 4 is 26.0 Å². The summed E-state index contributed by atoms with van der Waals surface area (Å²) in [5.41, 5.74) is 1.17. The normalized spacial score (nSPS) is 18.2. The van der Waals surface area contributed by atoms with Gasteiger partial charge in [0.25, 0.3) is 0 Å². The Hall–Kier alpha value is -3.34. The van der Waals surface area contributed by atoms with Gasteiger partial charge in [0, 0.05) is 31.4 Å². The van der Waals surface area contributed by atoms with E-state index >= 15 is 0 Å². The standard InChI is InChI=1S/C24H33N7O7S2/c1-15-12-25-22(26-13-15)16(2)17(3)40(34,35)29-24-28-27-23(20-14-30(10-11-38-20)39(6,32)33)31(24)21-18(36-4)8-7-9-19(21)37-5/h7-9,12-13,16-17,20H,10-11,14H2,1-6H3,(H,28,29)/t16-,17-,20+/m0/s1. The third kappa shape index (κ3) is 6.04. The summed E-state index contributed by atoms with van der Waals surface area (Å²) < 4.78 is 74.1. The van der Waals surface area contributed by atoms with E-state index in [1.807, 2.05) is 6.92 Å². The molecule has 1 N–H and O–H groups in total. The maximum Gasteiger partial charge on any atom is 0.243 e. The van der Waals surface area contributed by atoms with Crippen molar-refractivity contribution in [3.05, 3.63) is 47.8 Å². The van der Waals surface area contributed by atoms with Crippen molar-refractivity contribution in [1.29, 1.82) is 0 Å². The van der Waals surface area contributed by atoms with Gasteiger partial charge in [0.15, 0.2) is 5.82 Å². The predicted octanol–water partition coefficient (Wildman–Crippen LogP) is 1.65. The quantitative estimate of drug-likeness (QED) is 0.362. The van der Waals surface area contributed by atoms with E-state index in [1.54, 1.807) is 44.4 Å². The zero-order valence-electron chi connectivity index (χ0n) is 23.1. The number of hydrogen-bond acceptors (Lipinski definition) is 11. The highest BCUT2D eigenvalue weighted by Gasteiger charge is 2.36. The summed E-state index contributed by atoms with van der Waals surface area (Å²) in [4.78, 5) is 8.57. The highest BCUT2D eigenvalue weighted by Crippen LogP contribution is 2.38. The second-order valence-corrected chi connectivity index (χ2v) is 13.5. The SMILES string of the molecule is COc1cccc(OC)c1-n1c(NS(=O)(=O)[C@@H](C)[C@H](C)c2ncc(C)cn2)nnc1[C@H]1CN(S(C)(=O)=O)CCO1. The third-order valence-electron chi connectivity index (χ3n) is 6.73. The molecule has 2 aromatic heterocycles. The predicted molar refractivity (Wildman–Crippen MR) is 147 cm³/mol. The van der Waals surface area contributed by atoms with E-state index in [2.05, 4.69) is 24.9 Å². The number of morpholine rings is 1. The molecule has 0 radical (unpaired) electrons. The summed E-state index contributed by atoms with van der Waals surface area (Å²) in [6.45, 7) is 5.37. The Morgan fingerprint density at radius 3 is 2.25 bits per heavy atom. The minimum Gasteiger partial charge on any atom is -0.494 e. The van der Waals surface area contributed by atoms with E-state index in [9.17, 15) is 16.8 Å². The topological polar surface area (TPSA) is 168 Å². The lowest BCUT2D eigenvalue weighted by Gasteiger charge is -2.31. The van der Waals surface area contributed by atoms with E-state index in [1.165, 1.54) is 23.1 Å². The molecule has 0 unspecified atom stereocenters. The van der Waals surface area contributed by atoms with Crippen LogP contribution in [0.15, 0.2) is 30.6 Å². The number of aromatic nitrogens is 5. The molecule has 218 valence electrons. The number of ether oxygens (including phenoxy) is 3. The van der Waals surface area contributed by atoms with Crippen molar-refractivity contribution in [1.82, 2.24) is 29.0 Å². The molecule has 1 aliphatic rings. The summed E-state index contributed by atoms with van der Waals surface area (Å²) in [7, 11) is -4.68. The molecule has 1 aromatic carbocycles. The fourth-order valence-electron chi connectivity index (χ4n) is 4.26. The second kappa shape index (κ2) is 11.6. The molecule has 3 aromatic rings. The highest BCUT2D eigenvalue weighted by atomic mass is 32.2. The first-order chi connectivity index (χ1) is 18.9. The number of methoxy groups -OCH3 is 2. The number of benzene rings is 1. The fourth-order valence-corrected chi connectivity index (χ4v) is 6.31. The average molecular weight is 596 g/mol. The zero-order valence-corrected chi connectivity index (χ0v) is 24.7. The number of rotatable bonds is 10. The van der Waals surface area contributed by atoms with Gasteiger partial charge in [-0.25, -0.2) is 26.8 Å². The van der Waals surface area contributed by atoms with Crippen molar-refractivity contribution in [3.8, 4) is 17.2 Å². The van der Waals surface area contributed by atoms with E-state index in [0.717, 1.165) is 11.8 Å². The van der Waals surface area contributed by atoms with Crippen molar-refractivity contribution in [2.45, 2.75) is 38.0 Å². The van der Waals surface area contributed by atoms with Crippen LogP contribution in [0, 0.1) is 6.92 Å². The second-order valence-electron chi connectivity index (χ2n) is 9.47. The van der Waals surface area contributed by atoms with Crippen molar-refractivity contribution in [2.75, 3.05) is 44.9 Å². The molecule has 0 bridgehead atoms. The van der Waals surface area contributed by atoms with E-state index in [0.29, 0.717) is 23.0 Å². The Morgan fingerprint density at radius 1 is 1.05 bits per heavy atom. The van der Waals surface area contributed by atoms with Gasteiger partial charge in [0.2, 0.25) is 26.0 Å². The highest BCUT2D eigenvalue weighted by molar-refractivity contribution is 7.93. The van der Waals surface area contributed by atoms with Crippen LogP contribution in [-0.2, 0) is 24.8 Å². The number of sulfonamides is 2. The monoisotopic (exact) mass is 595 g/mol. The summed E-state index contributed by atoms with van der Waals surface area (Å²) in [6, 6.07) is 5.05. The first-order valence-corrected chi connectivity index (χ1v) is 15.8. The Kier molecular flexibility index (Phi) is 8.63. The van der Waals surface area contributed by atoms with E-state index < -0.39 is 37.3 Å². The Bertz CT molecular complexity index is 1540. The fraction of sp³-hybridized carbons (Fsp3) is 0.500. The summed E-state index contributed by atoms with van der Waals surface area (Å²) >= 11 is 0. The molecule has 1 saturated heterocycles. The minimum atomic E-state index is -4.07. The molecule has 0 amide bonds. The van der Waals surface area contributed by atoms with Gasteiger partial charge < -0.3 is 14.2 Å². The first-order valence-electron chi connectivity index (χ1n) is 12.4. The van der Waals surface area contributed by atoms with Crippen LogP contribution >= 0.6 is 0 Å². The van der Waals surface area contributed by atoms with Crippen LogP contribution in [0.2, 0.25) is 0 Å².